The minimum Gasteiger partial charge on any atom is -0.390 e. The molecule has 0 aromatic rings. The first-order valence-corrected chi connectivity index (χ1v) is 4.23. The van der Waals surface area contributed by atoms with Crippen LogP contribution in [0.5, 0.6) is 0 Å². The van der Waals surface area contributed by atoms with Gasteiger partial charge >= 0.3 is 0 Å². The van der Waals surface area contributed by atoms with Gasteiger partial charge in [-0.15, -0.1) is 0 Å². The average Bonchev–Trinajstić information content (AvgIpc) is 1.94. The maximum absolute atomic E-state index is 9.29. The van der Waals surface area contributed by atoms with Crippen LogP contribution in [0, 0.1) is 5.92 Å². The summed E-state index contributed by atoms with van der Waals surface area (Å²) in [5, 5.41) is 18.5. The molecule has 1 saturated carbocycles. The van der Waals surface area contributed by atoms with Crippen molar-refractivity contribution in [2.24, 2.45) is 11.7 Å². The van der Waals surface area contributed by atoms with Gasteiger partial charge in [0.1, 0.15) is 0 Å². The summed E-state index contributed by atoms with van der Waals surface area (Å²) < 4.78 is 0. The summed E-state index contributed by atoms with van der Waals surface area (Å²) in [6, 6.07) is 0.136. The first-order valence-electron chi connectivity index (χ1n) is 4.23. The van der Waals surface area contributed by atoms with E-state index in [1.165, 1.54) is 0 Å². The molecule has 4 atom stereocenters. The second kappa shape index (κ2) is 3.52. The molecule has 0 aromatic heterocycles. The van der Waals surface area contributed by atoms with Crippen LogP contribution in [0.4, 0.5) is 0 Å². The van der Waals surface area contributed by atoms with Crippen molar-refractivity contribution in [3.63, 3.8) is 0 Å². The Morgan fingerprint density at radius 2 is 1.91 bits per heavy atom. The van der Waals surface area contributed by atoms with Gasteiger partial charge in [-0.1, -0.05) is 0 Å². The minimum absolute atomic E-state index is 0.136. The van der Waals surface area contributed by atoms with Crippen molar-refractivity contribution in [2.75, 3.05) is 0 Å². The van der Waals surface area contributed by atoms with Gasteiger partial charge in [0.2, 0.25) is 0 Å². The zero-order valence-electron chi connectivity index (χ0n) is 6.90. The van der Waals surface area contributed by atoms with Crippen LogP contribution in [0.15, 0.2) is 0 Å². The Morgan fingerprint density at radius 3 is 2.36 bits per heavy atom. The molecule has 66 valence electrons. The summed E-state index contributed by atoms with van der Waals surface area (Å²) in [4.78, 5) is 0. The van der Waals surface area contributed by atoms with E-state index in [2.05, 4.69) is 0 Å². The normalized spacial score (nSPS) is 42.0. The van der Waals surface area contributed by atoms with Crippen LogP contribution in [-0.4, -0.2) is 28.5 Å². The van der Waals surface area contributed by atoms with Gasteiger partial charge in [-0.3, -0.25) is 0 Å². The summed E-state index contributed by atoms with van der Waals surface area (Å²) in [5.74, 6) is 0.383. The highest BCUT2D eigenvalue weighted by Gasteiger charge is 2.28. The van der Waals surface area contributed by atoms with E-state index in [4.69, 9.17) is 5.73 Å². The lowest BCUT2D eigenvalue weighted by Gasteiger charge is -2.31. The van der Waals surface area contributed by atoms with Crippen molar-refractivity contribution in [2.45, 2.75) is 44.4 Å². The van der Waals surface area contributed by atoms with Crippen molar-refractivity contribution >= 4 is 0 Å². The molecular weight excluding hydrogens is 142 g/mol. The van der Waals surface area contributed by atoms with E-state index in [0.717, 1.165) is 6.42 Å². The van der Waals surface area contributed by atoms with E-state index >= 15 is 0 Å². The standard InChI is InChI=1S/C8H17NO2/c1-5(9)6-2-3-7(10)8(11)4-6/h5-8,10-11H,2-4,9H2,1H3/t5?,6?,7-,8+/m1/s1. The Labute approximate surface area is 67.2 Å². The number of rotatable bonds is 1. The van der Waals surface area contributed by atoms with E-state index in [-0.39, 0.29) is 6.04 Å². The van der Waals surface area contributed by atoms with Crippen LogP contribution < -0.4 is 5.73 Å². The zero-order valence-corrected chi connectivity index (χ0v) is 6.90. The van der Waals surface area contributed by atoms with Crippen LogP contribution in [0.1, 0.15) is 26.2 Å². The van der Waals surface area contributed by atoms with Crippen LogP contribution in [0.2, 0.25) is 0 Å². The molecule has 2 unspecified atom stereocenters. The van der Waals surface area contributed by atoms with Crippen molar-refractivity contribution in [3.05, 3.63) is 0 Å². The van der Waals surface area contributed by atoms with Gasteiger partial charge in [0.15, 0.2) is 0 Å². The van der Waals surface area contributed by atoms with Crippen LogP contribution in [0.3, 0.4) is 0 Å². The fourth-order valence-corrected chi connectivity index (χ4v) is 1.64. The third kappa shape index (κ3) is 2.15. The zero-order chi connectivity index (χ0) is 8.43. The van der Waals surface area contributed by atoms with E-state index in [1.54, 1.807) is 0 Å². The molecule has 0 aliphatic heterocycles. The lowest BCUT2D eigenvalue weighted by molar-refractivity contribution is -0.0281. The molecule has 0 bridgehead atoms. The second-order valence-electron chi connectivity index (χ2n) is 3.57. The number of aliphatic hydroxyl groups excluding tert-OH is 2. The number of hydrogen-bond acceptors (Lipinski definition) is 3. The number of aliphatic hydroxyl groups is 2. The Bertz CT molecular complexity index is 127. The number of nitrogens with two attached hydrogens (primary N) is 1. The molecule has 3 heteroatoms. The molecule has 0 amide bonds. The molecule has 1 aliphatic carbocycles. The summed E-state index contributed by atoms with van der Waals surface area (Å²) >= 11 is 0. The Hall–Kier alpha value is -0.120. The fourth-order valence-electron chi connectivity index (χ4n) is 1.64. The lowest BCUT2D eigenvalue weighted by Crippen LogP contribution is -2.39. The topological polar surface area (TPSA) is 66.5 Å². The quantitative estimate of drug-likeness (QED) is 0.498. The van der Waals surface area contributed by atoms with Gasteiger partial charge in [0, 0.05) is 6.04 Å². The monoisotopic (exact) mass is 159 g/mol. The first kappa shape index (κ1) is 8.97. The molecule has 4 N–H and O–H groups in total. The van der Waals surface area contributed by atoms with E-state index in [9.17, 15) is 10.2 Å². The Balaban J connectivity index is 2.40. The Morgan fingerprint density at radius 1 is 1.27 bits per heavy atom. The molecule has 0 spiro atoms. The highest BCUT2D eigenvalue weighted by atomic mass is 16.3. The molecule has 1 fully saturated rings. The van der Waals surface area contributed by atoms with Crippen molar-refractivity contribution in [1.82, 2.24) is 0 Å². The lowest BCUT2D eigenvalue weighted by atomic mass is 9.82. The van der Waals surface area contributed by atoms with Gasteiger partial charge < -0.3 is 15.9 Å². The largest absolute Gasteiger partial charge is 0.390 e. The smallest absolute Gasteiger partial charge is 0.0802 e. The number of hydrogen-bond donors (Lipinski definition) is 3. The van der Waals surface area contributed by atoms with E-state index in [0.29, 0.717) is 18.8 Å². The molecule has 3 nitrogen and oxygen atoms in total. The first-order chi connectivity index (χ1) is 5.11. The van der Waals surface area contributed by atoms with Crippen LogP contribution >= 0.6 is 0 Å². The molecule has 0 radical (unpaired) electrons. The molecule has 1 aliphatic rings. The maximum Gasteiger partial charge on any atom is 0.0802 e. The third-order valence-electron chi connectivity index (χ3n) is 2.57. The van der Waals surface area contributed by atoms with Gasteiger partial charge in [-0.2, -0.15) is 0 Å². The Kier molecular flexibility index (Phi) is 2.87. The summed E-state index contributed by atoms with van der Waals surface area (Å²) in [5.41, 5.74) is 5.68. The third-order valence-corrected chi connectivity index (χ3v) is 2.57. The molecule has 1 rings (SSSR count). The minimum atomic E-state index is -0.556. The SMILES string of the molecule is CC(N)C1CC[C@@H](O)[C@@H](O)C1. The summed E-state index contributed by atoms with van der Waals surface area (Å²) in [6.07, 6.45) is 1.20. The van der Waals surface area contributed by atoms with E-state index < -0.39 is 12.2 Å². The maximum atomic E-state index is 9.29. The molecule has 11 heavy (non-hydrogen) atoms. The van der Waals surface area contributed by atoms with Gasteiger partial charge in [0.05, 0.1) is 12.2 Å². The van der Waals surface area contributed by atoms with Gasteiger partial charge in [0.25, 0.3) is 0 Å². The second-order valence-corrected chi connectivity index (χ2v) is 3.57. The van der Waals surface area contributed by atoms with Gasteiger partial charge in [-0.25, -0.2) is 0 Å². The predicted octanol–water partition coefficient (Wildman–Crippen LogP) is -0.145. The highest BCUT2D eigenvalue weighted by molar-refractivity contribution is 4.82. The van der Waals surface area contributed by atoms with Gasteiger partial charge in [-0.05, 0) is 32.1 Å². The summed E-state index contributed by atoms with van der Waals surface area (Å²) in [7, 11) is 0. The fraction of sp³-hybridized carbons (Fsp3) is 1.00. The molecule has 0 heterocycles. The molecule has 0 saturated heterocycles. The van der Waals surface area contributed by atoms with Crippen LogP contribution in [-0.2, 0) is 0 Å². The highest BCUT2D eigenvalue weighted by Crippen LogP contribution is 2.26. The average molecular weight is 159 g/mol. The van der Waals surface area contributed by atoms with Crippen molar-refractivity contribution in [1.29, 1.82) is 0 Å². The van der Waals surface area contributed by atoms with Crippen molar-refractivity contribution in [3.8, 4) is 0 Å². The van der Waals surface area contributed by atoms with Crippen molar-refractivity contribution < 1.29 is 10.2 Å². The summed E-state index contributed by atoms with van der Waals surface area (Å²) in [6.45, 7) is 1.95. The van der Waals surface area contributed by atoms with Crippen LogP contribution in [0.25, 0.3) is 0 Å². The molecule has 0 aromatic carbocycles. The molecular formula is C8H17NO2. The van der Waals surface area contributed by atoms with E-state index in [1.807, 2.05) is 6.92 Å². The predicted molar refractivity (Wildman–Crippen MR) is 43.0 cm³/mol.